The quantitative estimate of drug-likeness (QED) is 0.832. The molecule has 0 saturated carbocycles. The van der Waals surface area contributed by atoms with Crippen molar-refractivity contribution in [2.45, 2.75) is 31.7 Å². The zero-order chi connectivity index (χ0) is 16.1. The minimum atomic E-state index is -0.509. The van der Waals surface area contributed by atoms with Crippen LogP contribution in [0.25, 0.3) is 0 Å². The molecular weight excluding hydrogens is 282 g/mol. The number of carbonyl (C=O) groups is 1. The number of allylic oxidation sites excluding steroid dienone is 1. The molecule has 0 aliphatic heterocycles. The van der Waals surface area contributed by atoms with Gasteiger partial charge < -0.3 is 5.32 Å². The van der Waals surface area contributed by atoms with Crippen LogP contribution in [-0.4, -0.2) is 5.91 Å². The Morgan fingerprint density at radius 1 is 1.00 bits per heavy atom. The van der Waals surface area contributed by atoms with Gasteiger partial charge in [-0.3, -0.25) is 4.79 Å². The molecule has 0 radical (unpaired) electrons. The Balaban J connectivity index is 2.22. The highest BCUT2D eigenvalue weighted by atomic mass is 16.1. The molecule has 0 fully saturated rings. The van der Waals surface area contributed by atoms with Crippen molar-refractivity contribution in [2.24, 2.45) is 5.92 Å². The Kier molecular flexibility index (Phi) is 4.61. The second-order valence-electron chi connectivity index (χ2n) is 6.19. The summed E-state index contributed by atoms with van der Waals surface area (Å²) in [5.74, 6) is 0.252. The molecule has 1 aliphatic carbocycles. The van der Waals surface area contributed by atoms with Crippen molar-refractivity contribution in [3.63, 3.8) is 0 Å². The lowest BCUT2D eigenvalue weighted by atomic mass is 9.69. The second kappa shape index (κ2) is 6.82. The Hall–Kier alpha value is -2.35. The number of rotatable bonds is 4. The van der Waals surface area contributed by atoms with Gasteiger partial charge in [0.2, 0.25) is 5.91 Å². The van der Waals surface area contributed by atoms with Gasteiger partial charge in [0.05, 0.1) is 5.54 Å². The van der Waals surface area contributed by atoms with Crippen molar-refractivity contribution in [1.29, 1.82) is 0 Å². The molecule has 0 bridgehead atoms. The van der Waals surface area contributed by atoms with Crippen LogP contribution in [0.2, 0.25) is 0 Å². The van der Waals surface area contributed by atoms with Crippen LogP contribution >= 0.6 is 0 Å². The molecule has 2 nitrogen and oxygen atoms in total. The van der Waals surface area contributed by atoms with Gasteiger partial charge in [-0.25, -0.2) is 0 Å². The highest BCUT2D eigenvalue weighted by molar-refractivity contribution is 5.75. The summed E-state index contributed by atoms with van der Waals surface area (Å²) in [6.07, 6.45) is 7.87. The Bertz CT molecular complexity index is 636. The largest absolute Gasteiger partial charge is 0.342 e. The fourth-order valence-corrected chi connectivity index (χ4v) is 3.68. The van der Waals surface area contributed by atoms with Crippen molar-refractivity contribution in [3.8, 4) is 0 Å². The predicted molar refractivity (Wildman–Crippen MR) is 94.0 cm³/mol. The molecule has 1 aliphatic rings. The molecule has 0 heterocycles. The lowest BCUT2D eigenvalue weighted by Gasteiger charge is -2.42. The van der Waals surface area contributed by atoms with Crippen LogP contribution in [0.5, 0.6) is 0 Å². The molecule has 118 valence electrons. The molecular formula is C21H23NO. The summed E-state index contributed by atoms with van der Waals surface area (Å²) >= 11 is 0. The Morgan fingerprint density at radius 2 is 1.57 bits per heavy atom. The molecule has 1 unspecified atom stereocenters. The van der Waals surface area contributed by atoms with Gasteiger partial charge in [-0.15, -0.1) is 0 Å². The Morgan fingerprint density at radius 3 is 2.00 bits per heavy atom. The Labute approximate surface area is 138 Å². The van der Waals surface area contributed by atoms with Gasteiger partial charge in [-0.1, -0.05) is 72.8 Å². The fraction of sp³-hybridized carbons (Fsp3) is 0.286. The third-order valence-electron chi connectivity index (χ3n) is 4.64. The molecule has 0 saturated heterocycles. The van der Waals surface area contributed by atoms with E-state index in [1.807, 2.05) is 36.4 Å². The average Bonchev–Trinajstić information content (AvgIpc) is 2.62. The number of carbonyl (C=O) groups excluding carboxylic acids is 1. The number of benzene rings is 2. The summed E-state index contributed by atoms with van der Waals surface area (Å²) in [6, 6.07) is 20.7. The van der Waals surface area contributed by atoms with Crippen molar-refractivity contribution < 1.29 is 4.79 Å². The van der Waals surface area contributed by atoms with Crippen molar-refractivity contribution in [2.75, 3.05) is 0 Å². The van der Waals surface area contributed by atoms with E-state index >= 15 is 0 Å². The van der Waals surface area contributed by atoms with Crippen LogP contribution in [0.4, 0.5) is 0 Å². The smallest absolute Gasteiger partial charge is 0.217 e. The van der Waals surface area contributed by atoms with E-state index in [1.54, 1.807) is 6.92 Å². The standard InChI is InChI=1S/C21H23NO/c1-17(23)22-21(18-11-5-2-6-12-18,19-13-7-3-8-14-19)20-15-9-4-10-16-20/h2-3,5-9,11-15,20H,4,10,16H2,1H3,(H,22,23). The predicted octanol–water partition coefficient (Wildman–Crippen LogP) is 4.42. The highest BCUT2D eigenvalue weighted by Crippen LogP contribution is 2.41. The molecule has 1 N–H and O–H groups in total. The highest BCUT2D eigenvalue weighted by Gasteiger charge is 2.41. The minimum absolute atomic E-state index is 0.00307. The van der Waals surface area contributed by atoms with Crippen LogP contribution < -0.4 is 5.32 Å². The zero-order valence-electron chi connectivity index (χ0n) is 13.5. The van der Waals surface area contributed by atoms with Crippen molar-refractivity contribution in [1.82, 2.24) is 5.32 Å². The van der Waals surface area contributed by atoms with E-state index in [2.05, 4.69) is 41.7 Å². The summed E-state index contributed by atoms with van der Waals surface area (Å²) in [5.41, 5.74) is 1.77. The summed E-state index contributed by atoms with van der Waals surface area (Å²) in [4.78, 5) is 12.1. The van der Waals surface area contributed by atoms with Gasteiger partial charge in [0, 0.05) is 12.8 Å². The molecule has 2 aromatic carbocycles. The van der Waals surface area contributed by atoms with E-state index in [0.717, 1.165) is 30.4 Å². The van der Waals surface area contributed by atoms with Gasteiger partial charge in [-0.05, 0) is 30.4 Å². The van der Waals surface area contributed by atoms with E-state index in [-0.39, 0.29) is 11.8 Å². The van der Waals surface area contributed by atoms with E-state index in [0.29, 0.717) is 0 Å². The second-order valence-corrected chi connectivity index (χ2v) is 6.19. The van der Waals surface area contributed by atoms with E-state index in [9.17, 15) is 4.79 Å². The summed E-state index contributed by atoms with van der Waals surface area (Å²) in [6.45, 7) is 1.60. The maximum Gasteiger partial charge on any atom is 0.217 e. The first-order chi connectivity index (χ1) is 11.2. The number of hydrogen-bond donors (Lipinski definition) is 1. The van der Waals surface area contributed by atoms with Gasteiger partial charge in [0.1, 0.15) is 0 Å². The van der Waals surface area contributed by atoms with Crippen LogP contribution in [0, 0.1) is 5.92 Å². The van der Waals surface area contributed by atoms with Gasteiger partial charge in [0.25, 0.3) is 0 Å². The minimum Gasteiger partial charge on any atom is -0.342 e. The van der Waals surface area contributed by atoms with E-state index in [1.165, 1.54) is 0 Å². The van der Waals surface area contributed by atoms with E-state index in [4.69, 9.17) is 0 Å². The zero-order valence-corrected chi connectivity index (χ0v) is 13.5. The third-order valence-corrected chi connectivity index (χ3v) is 4.64. The monoisotopic (exact) mass is 305 g/mol. The maximum absolute atomic E-state index is 12.1. The number of hydrogen-bond acceptors (Lipinski definition) is 1. The van der Waals surface area contributed by atoms with Gasteiger partial charge in [-0.2, -0.15) is 0 Å². The summed E-state index contributed by atoms with van der Waals surface area (Å²) in [7, 11) is 0. The SMILES string of the molecule is CC(=O)NC(c1ccccc1)(c1ccccc1)C1C=CCCC1. The molecule has 23 heavy (non-hydrogen) atoms. The molecule has 2 heteroatoms. The van der Waals surface area contributed by atoms with Gasteiger partial charge >= 0.3 is 0 Å². The number of amides is 1. The third kappa shape index (κ3) is 3.07. The molecule has 0 aromatic heterocycles. The van der Waals surface area contributed by atoms with Crippen LogP contribution in [0.1, 0.15) is 37.3 Å². The first-order valence-corrected chi connectivity index (χ1v) is 8.30. The summed E-state index contributed by atoms with van der Waals surface area (Å²) < 4.78 is 0. The molecule has 1 amide bonds. The molecule has 1 atom stereocenters. The average molecular weight is 305 g/mol. The normalized spacial score (nSPS) is 17.7. The molecule has 2 aromatic rings. The van der Waals surface area contributed by atoms with Crippen LogP contribution in [0.3, 0.4) is 0 Å². The first-order valence-electron chi connectivity index (χ1n) is 8.30. The lowest BCUT2D eigenvalue weighted by Crippen LogP contribution is -2.51. The fourth-order valence-electron chi connectivity index (χ4n) is 3.68. The van der Waals surface area contributed by atoms with Gasteiger partial charge in [0.15, 0.2) is 0 Å². The van der Waals surface area contributed by atoms with Crippen LogP contribution in [-0.2, 0) is 10.3 Å². The molecule has 0 spiro atoms. The maximum atomic E-state index is 12.1. The number of nitrogens with one attached hydrogen (secondary N) is 1. The summed E-state index contributed by atoms with van der Waals surface area (Å²) in [5, 5.41) is 3.31. The lowest BCUT2D eigenvalue weighted by molar-refractivity contribution is -0.121. The van der Waals surface area contributed by atoms with E-state index < -0.39 is 5.54 Å². The molecule has 3 rings (SSSR count). The van der Waals surface area contributed by atoms with Crippen LogP contribution in [0.15, 0.2) is 72.8 Å². The van der Waals surface area contributed by atoms with Crippen molar-refractivity contribution in [3.05, 3.63) is 83.9 Å². The van der Waals surface area contributed by atoms with Crippen molar-refractivity contribution >= 4 is 5.91 Å². The topological polar surface area (TPSA) is 29.1 Å². The first kappa shape index (κ1) is 15.5.